The third kappa shape index (κ3) is 37.6. The predicted molar refractivity (Wildman–Crippen MR) is 219 cm³/mol. The summed E-state index contributed by atoms with van der Waals surface area (Å²) in [6, 6.07) is -0.878. The second kappa shape index (κ2) is 35.9. The molecule has 0 aromatic rings. The number of hydrogen-bond donors (Lipinski definition) is 2. The Kier molecular flexibility index (Phi) is 35.4. The Bertz CT molecular complexity index is 865. The number of aliphatic hydroxyl groups excluding tert-OH is 1. The van der Waals surface area contributed by atoms with E-state index in [1.807, 2.05) is 27.2 Å². The maximum atomic E-state index is 12.7. The molecule has 8 nitrogen and oxygen atoms in total. The summed E-state index contributed by atoms with van der Waals surface area (Å²) in [7, 11) is 1.27. The van der Waals surface area contributed by atoms with Crippen LogP contribution in [0, 0.1) is 0 Å². The van der Waals surface area contributed by atoms with Gasteiger partial charge in [-0.3, -0.25) is 9.36 Å². The van der Waals surface area contributed by atoms with Crippen molar-refractivity contribution in [3.8, 4) is 0 Å². The van der Waals surface area contributed by atoms with Crippen molar-refractivity contribution in [2.45, 2.75) is 219 Å². The summed E-state index contributed by atoms with van der Waals surface area (Å²) in [5, 5.41) is 13.7. The molecule has 9 heteroatoms. The Balaban J connectivity index is 4.24. The van der Waals surface area contributed by atoms with Gasteiger partial charge in [-0.2, -0.15) is 0 Å². The van der Waals surface area contributed by atoms with Gasteiger partial charge >= 0.3 is 0 Å². The number of allylic oxidation sites excluding steroid dienone is 1. The van der Waals surface area contributed by atoms with Crippen LogP contribution in [0.3, 0.4) is 0 Å². The molecule has 52 heavy (non-hydrogen) atoms. The molecule has 2 N–H and O–H groups in total. The van der Waals surface area contributed by atoms with Gasteiger partial charge in [0.1, 0.15) is 13.2 Å². The molecule has 0 fully saturated rings. The van der Waals surface area contributed by atoms with Gasteiger partial charge < -0.3 is 28.8 Å². The second-order valence-electron chi connectivity index (χ2n) is 16.4. The van der Waals surface area contributed by atoms with Crippen LogP contribution in [0.4, 0.5) is 0 Å². The number of rotatable bonds is 40. The number of carbonyl (C=O) groups is 1. The molecule has 1 amide bonds. The summed E-state index contributed by atoms with van der Waals surface area (Å²) in [5.74, 6) is -0.201. The first kappa shape index (κ1) is 51.2. The summed E-state index contributed by atoms with van der Waals surface area (Å²) in [5.41, 5.74) is 0. The number of quaternary nitrogens is 1. The van der Waals surface area contributed by atoms with Crippen LogP contribution in [0.5, 0.6) is 0 Å². The first-order chi connectivity index (χ1) is 25.0. The molecular formula is C43H87N2O6P. The van der Waals surface area contributed by atoms with Crippen LogP contribution in [-0.2, 0) is 18.4 Å². The molecule has 0 aliphatic rings. The van der Waals surface area contributed by atoms with E-state index in [0.29, 0.717) is 17.4 Å². The van der Waals surface area contributed by atoms with Gasteiger partial charge in [-0.15, -0.1) is 0 Å². The van der Waals surface area contributed by atoms with E-state index in [1.54, 1.807) is 6.08 Å². The zero-order valence-electron chi connectivity index (χ0n) is 35.0. The number of nitrogens with zero attached hydrogens (tertiary/aromatic N) is 1. The molecule has 0 aliphatic carbocycles. The Morgan fingerprint density at radius 1 is 0.654 bits per heavy atom. The number of amides is 1. The highest BCUT2D eigenvalue weighted by Gasteiger charge is 2.23. The van der Waals surface area contributed by atoms with Crippen molar-refractivity contribution in [2.75, 3.05) is 40.9 Å². The predicted octanol–water partition coefficient (Wildman–Crippen LogP) is 11.3. The summed E-state index contributed by atoms with van der Waals surface area (Å²) >= 11 is 0. The van der Waals surface area contributed by atoms with Crippen molar-refractivity contribution in [3.05, 3.63) is 12.2 Å². The minimum atomic E-state index is -4.57. The molecule has 310 valence electrons. The molecular weight excluding hydrogens is 671 g/mol. The highest BCUT2D eigenvalue weighted by atomic mass is 31.2. The molecule has 0 spiro atoms. The zero-order valence-corrected chi connectivity index (χ0v) is 35.9. The molecule has 0 aromatic carbocycles. The number of phosphoric ester groups is 1. The first-order valence-electron chi connectivity index (χ1n) is 22.1. The quantitative estimate of drug-likeness (QED) is 0.0279. The van der Waals surface area contributed by atoms with Crippen LogP contribution < -0.4 is 10.2 Å². The van der Waals surface area contributed by atoms with Crippen molar-refractivity contribution in [1.29, 1.82) is 0 Å². The lowest BCUT2D eigenvalue weighted by atomic mass is 10.0. The third-order valence-corrected chi connectivity index (χ3v) is 11.0. The maximum absolute atomic E-state index is 12.7. The van der Waals surface area contributed by atoms with Gasteiger partial charge in [0, 0.05) is 6.42 Å². The normalized spacial score (nSPS) is 14.5. The van der Waals surface area contributed by atoms with Gasteiger partial charge in [-0.25, -0.2) is 0 Å². The van der Waals surface area contributed by atoms with Crippen LogP contribution in [0.2, 0.25) is 0 Å². The van der Waals surface area contributed by atoms with Crippen molar-refractivity contribution in [3.63, 3.8) is 0 Å². The Labute approximate surface area is 322 Å². The van der Waals surface area contributed by atoms with Crippen LogP contribution in [-0.4, -0.2) is 68.5 Å². The molecule has 0 rings (SSSR count). The number of likely N-dealkylation sites (N-methyl/N-ethyl adjacent to an activating group) is 1. The van der Waals surface area contributed by atoms with Gasteiger partial charge in [0.15, 0.2) is 0 Å². The molecule has 0 saturated heterocycles. The average molecular weight is 759 g/mol. The number of hydrogen-bond acceptors (Lipinski definition) is 6. The lowest BCUT2D eigenvalue weighted by Gasteiger charge is -2.29. The molecule has 3 atom stereocenters. The largest absolute Gasteiger partial charge is 0.756 e. The summed E-state index contributed by atoms with van der Waals surface area (Å²) in [6.07, 6.45) is 39.9. The topological polar surface area (TPSA) is 108 Å². The average Bonchev–Trinajstić information content (AvgIpc) is 3.09. The SMILES string of the molecule is CCCCCCCCCCCCCCCCCCCCCC/C=C/C(O)C(COP(=O)([O-])OCC[N+](C)(C)C)NC(=O)CCCCCCCCCC. The van der Waals surface area contributed by atoms with E-state index >= 15 is 0 Å². The monoisotopic (exact) mass is 759 g/mol. The number of carbonyl (C=O) groups excluding carboxylic acids is 1. The number of phosphoric acid groups is 1. The van der Waals surface area contributed by atoms with E-state index in [0.717, 1.165) is 38.5 Å². The first-order valence-corrected chi connectivity index (χ1v) is 23.5. The molecule has 0 saturated carbocycles. The second-order valence-corrected chi connectivity index (χ2v) is 17.8. The third-order valence-electron chi connectivity index (χ3n) is 10.00. The minimum absolute atomic E-state index is 0.00167. The van der Waals surface area contributed by atoms with Crippen molar-refractivity contribution in [2.24, 2.45) is 0 Å². The van der Waals surface area contributed by atoms with Crippen LogP contribution in [0.25, 0.3) is 0 Å². The highest BCUT2D eigenvalue weighted by molar-refractivity contribution is 7.45. The van der Waals surface area contributed by atoms with Gasteiger partial charge in [-0.05, 0) is 19.3 Å². The Hall–Kier alpha value is -0.760. The van der Waals surface area contributed by atoms with Crippen LogP contribution >= 0.6 is 7.82 Å². The number of nitrogens with one attached hydrogen (secondary N) is 1. The van der Waals surface area contributed by atoms with E-state index in [2.05, 4.69) is 19.2 Å². The maximum Gasteiger partial charge on any atom is 0.268 e. The Morgan fingerprint density at radius 2 is 1.04 bits per heavy atom. The molecule has 0 aromatic heterocycles. The van der Waals surface area contributed by atoms with Crippen molar-refractivity contribution in [1.82, 2.24) is 5.32 Å². The van der Waals surface area contributed by atoms with E-state index in [1.165, 1.54) is 148 Å². The van der Waals surface area contributed by atoms with E-state index in [-0.39, 0.29) is 19.1 Å². The van der Waals surface area contributed by atoms with Gasteiger partial charge in [0.05, 0.1) is 39.9 Å². The molecule has 0 aliphatic heterocycles. The van der Waals surface area contributed by atoms with Crippen molar-refractivity contribution >= 4 is 13.7 Å². The lowest BCUT2D eigenvalue weighted by Crippen LogP contribution is -2.45. The van der Waals surface area contributed by atoms with Gasteiger partial charge in [0.25, 0.3) is 7.82 Å². The van der Waals surface area contributed by atoms with Gasteiger partial charge in [0.2, 0.25) is 5.91 Å². The van der Waals surface area contributed by atoms with Crippen molar-refractivity contribution < 1.29 is 32.9 Å². The number of aliphatic hydroxyl groups is 1. The fourth-order valence-corrected chi connectivity index (χ4v) is 7.17. The van der Waals surface area contributed by atoms with Crippen LogP contribution in [0.1, 0.15) is 206 Å². The fourth-order valence-electron chi connectivity index (χ4n) is 6.45. The highest BCUT2D eigenvalue weighted by Crippen LogP contribution is 2.38. The number of unbranched alkanes of at least 4 members (excludes halogenated alkanes) is 27. The summed E-state index contributed by atoms with van der Waals surface area (Å²) in [6.45, 7) is 4.62. The molecule has 3 unspecified atom stereocenters. The smallest absolute Gasteiger partial charge is 0.268 e. The Morgan fingerprint density at radius 3 is 1.44 bits per heavy atom. The van der Waals surface area contributed by atoms with E-state index < -0.39 is 20.0 Å². The van der Waals surface area contributed by atoms with Gasteiger partial charge in [-0.1, -0.05) is 193 Å². The fraction of sp³-hybridized carbons (Fsp3) is 0.930. The summed E-state index contributed by atoms with van der Waals surface area (Å²) < 4.78 is 23.1. The molecule has 0 bridgehead atoms. The lowest BCUT2D eigenvalue weighted by molar-refractivity contribution is -0.870. The van der Waals surface area contributed by atoms with E-state index in [9.17, 15) is 19.4 Å². The minimum Gasteiger partial charge on any atom is -0.756 e. The molecule has 0 radical (unpaired) electrons. The zero-order chi connectivity index (χ0) is 38.6. The standard InChI is InChI=1S/C43H87N2O6P/c1-6-8-10-12-14-16-17-18-19-20-21-22-23-24-25-26-27-28-29-30-32-34-36-42(46)41(40-51-52(48,49)50-39-38-45(3,4)5)44-43(47)37-35-33-31-15-13-11-9-7-2/h34,36,41-42,46H,6-33,35,37-40H2,1-5H3,(H-,44,47,48,49)/b36-34+. The molecule has 0 heterocycles. The summed E-state index contributed by atoms with van der Waals surface area (Å²) in [4.78, 5) is 25.1. The van der Waals surface area contributed by atoms with E-state index in [4.69, 9.17) is 9.05 Å². The van der Waals surface area contributed by atoms with Crippen LogP contribution in [0.15, 0.2) is 12.2 Å².